The molecule has 0 spiro atoms. The Morgan fingerprint density at radius 1 is 1.14 bits per heavy atom. The SMILES string of the molecule is CC(C)(NC(=O)c1cc(Cl)cc(Cl)c1)C(=O)C(Cl)(Cl)C#N. The molecule has 0 atom stereocenters. The predicted molar refractivity (Wildman–Crippen MR) is 83.1 cm³/mol. The number of benzene rings is 1. The molecule has 1 aromatic carbocycles. The average Bonchev–Trinajstić information content (AvgIpc) is 2.36. The van der Waals surface area contributed by atoms with Crippen LogP contribution in [0.3, 0.4) is 0 Å². The molecule has 1 rings (SSSR count). The van der Waals surface area contributed by atoms with Crippen LogP contribution in [0.4, 0.5) is 0 Å². The number of nitriles is 1. The number of amides is 1. The number of carbonyl (C=O) groups is 2. The van der Waals surface area contributed by atoms with E-state index in [9.17, 15) is 9.59 Å². The average molecular weight is 368 g/mol. The van der Waals surface area contributed by atoms with E-state index in [-0.39, 0.29) is 15.6 Å². The van der Waals surface area contributed by atoms with Crippen molar-refractivity contribution in [1.82, 2.24) is 5.32 Å². The third kappa shape index (κ3) is 4.49. The van der Waals surface area contributed by atoms with Crippen LogP contribution < -0.4 is 5.32 Å². The highest BCUT2D eigenvalue weighted by molar-refractivity contribution is 6.61. The Labute approximate surface area is 141 Å². The zero-order valence-electron chi connectivity index (χ0n) is 11.0. The number of rotatable bonds is 4. The molecule has 0 unspecified atom stereocenters. The molecule has 0 bridgehead atoms. The van der Waals surface area contributed by atoms with E-state index < -0.39 is 21.6 Å². The van der Waals surface area contributed by atoms with Gasteiger partial charge in [0, 0.05) is 15.6 Å². The fourth-order valence-corrected chi connectivity index (χ4v) is 2.54. The maximum Gasteiger partial charge on any atom is 0.263 e. The van der Waals surface area contributed by atoms with Gasteiger partial charge in [0.15, 0.2) is 0 Å². The van der Waals surface area contributed by atoms with Crippen molar-refractivity contribution in [3.63, 3.8) is 0 Å². The predicted octanol–water partition coefficient (Wildman–Crippen LogP) is 3.77. The van der Waals surface area contributed by atoms with Crippen LogP contribution in [0.2, 0.25) is 10.0 Å². The zero-order valence-corrected chi connectivity index (χ0v) is 14.0. The second-order valence-electron chi connectivity index (χ2n) is 4.75. The fraction of sp³-hybridized carbons (Fsp3) is 0.308. The summed E-state index contributed by atoms with van der Waals surface area (Å²) >= 11 is 22.8. The van der Waals surface area contributed by atoms with Crippen molar-refractivity contribution in [2.45, 2.75) is 23.7 Å². The van der Waals surface area contributed by atoms with E-state index in [0.717, 1.165) is 0 Å². The van der Waals surface area contributed by atoms with Gasteiger partial charge in [0.25, 0.3) is 10.2 Å². The third-order valence-electron chi connectivity index (χ3n) is 2.54. The van der Waals surface area contributed by atoms with E-state index in [2.05, 4.69) is 5.32 Å². The van der Waals surface area contributed by atoms with E-state index in [1.165, 1.54) is 38.1 Å². The number of hydrogen-bond donors (Lipinski definition) is 1. The third-order valence-corrected chi connectivity index (χ3v) is 3.49. The van der Waals surface area contributed by atoms with Gasteiger partial charge < -0.3 is 5.32 Å². The smallest absolute Gasteiger partial charge is 0.263 e. The Bertz CT molecular complexity index is 615. The van der Waals surface area contributed by atoms with Gasteiger partial charge in [-0.15, -0.1) is 0 Å². The van der Waals surface area contributed by atoms with Gasteiger partial charge in [0.05, 0.1) is 5.54 Å². The number of hydrogen-bond acceptors (Lipinski definition) is 3. The number of Topliss-reactive ketones (excluding diaryl/α,β-unsaturated/α-hetero) is 1. The summed E-state index contributed by atoms with van der Waals surface area (Å²) in [5.74, 6) is -1.44. The van der Waals surface area contributed by atoms with Crippen LogP contribution in [0.1, 0.15) is 24.2 Å². The molecule has 1 aromatic rings. The lowest BCUT2D eigenvalue weighted by molar-refractivity contribution is -0.123. The van der Waals surface area contributed by atoms with Crippen molar-refractivity contribution in [3.05, 3.63) is 33.8 Å². The number of nitrogens with one attached hydrogen (secondary N) is 1. The highest BCUT2D eigenvalue weighted by Gasteiger charge is 2.44. The van der Waals surface area contributed by atoms with Gasteiger partial charge in [0.2, 0.25) is 5.78 Å². The molecule has 0 fully saturated rings. The second-order valence-corrected chi connectivity index (χ2v) is 6.95. The Morgan fingerprint density at radius 3 is 2.05 bits per heavy atom. The largest absolute Gasteiger partial charge is 0.340 e. The first-order valence-electron chi connectivity index (χ1n) is 5.62. The Morgan fingerprint density at radius 2 is 1.62 bits per heavy atom. The topological polar surface area (TPSA) is 70.0 Å². The highest BCUT2D eigenvalue weighted by Crippen LogP contribution is 2.27. The summed E-state index contributed by atoms with van der Waals surface area (Å²) in [7, 11) is 0. The summed E-state index contributed by atoms with van der Waals surface area (Å²) in [5, 5.41) is 11.8. The minimum atomic E-state index is -2.25. The maximum atomic E-state index is 12.1. The van der Waals surface area contributed by atoms with Gasteiger partial charge in [-0.2, -0.15) is 5.26 Å². The molecule has 0 aliphatic carbocycles. The van der Waals surface area contributed by atoms with Crippen molar-refractivity contribution in [2.24, 2.45) is 0 Å². The molecule has 0 saturated heterocycles. The Hall–Kier alpha value is -0.990. The molecular formula is C13H10Cl4N2O2. The monoisotopic (exact) mass is 366 g/mol. The first kappa shape index (κ1) is 18.1. The van der Waals surface area contributed by atoms with Crippen LogP contribution in [0.15, 0.2) is 18.2 Å². The fourth-order valence-electron chi connectivity index (χ4n) is 1.54. The van der Waals surface area contributed by atoms with Crippen molar-refractivity contribution >= 4 is 58.1 Å². The molecule has 1 N–H and O–H groups in total. The van der Waals surface area contributed by atoms with Gasteiger partial charge >= 0.3 is 0 Å². The molecular weight excluding hydrogens is 358 g/mol. The molecule has 0 radical (unpaired) electrons. The molecule has 0 heterocycles. The second kappa shape index (κ2) is 6.41. The molecule has 112 valence electrons. The molecule has 8 heteroatoms. The van der Waals surface area contributed by atoms with Crippen LogP contribution in [0.25, 0.3) is 0 Å². The number of nitrogens with zero attached hydrogens (tertiary/aromatic N) is 1. The molecule has 0 aliphatic heterocycles. The number of halogens is 4. The zero-order chi connectivity index (χ0) is 16.4. The number of ketones is 1. The quantitative estimate of drug-likeness (QED) is 0.823. The van der Waals surface area contributed by atoms with Crippen molar-refractivity contribution in [3.8, 4) is 6.07 Å². The highest BCUT2D eigenvalue weighted by atomic mass is 35.5. The minimum Gasteiger partial charge on any atom is -0.340 e. The van der Waals surface area contributed by atoms with Crippen LogP contribution in [0, 0.1) is 11.3 Å². The standard InChI is InChI=1S/C13H10Cl4N2O2/c1-12(2,11(21)13(16,17)6-18)19-10(20)7-3-8(14)5-9(15)4-7/h3-5H,1-2H3,(H,19,20). The maximum absolute atomic E-state index is 12.1. The number of alkyl halides is 2. The van der Waals surface area contributed by atoms with Crippen molar-refractivity contribution in [2.75, 3.05) is 0 Å². The first-order chi connectivity index (χ1) is 9.49. The summed E-state index contributed by atoms with van der Waals surface area (Å²) in [6.07, 6.45) is 0. The van der Waals surface area contributed by atoms with E-state index in [1.807, 2.05) is 0 Å². The summed E-state index contributed by atoms with van der Waals surface area (Å²) in [4.78, 5) is 24.2. The van der Waals surface area contributed by atoms with Gasteiger partial charge in [-0.3, -0.25) is 9.59 Å². The Balaban J connectivity index is 3.01. The molecule has 0 aliphatic rings. The first-order valence-corrected chi connectivity index (χ1v) is 7.13. The lowest BCUT2D eigenvalue weighted by atomic mass is 9.95. The molecule has 4 nitrogen and oxygen atoms in total. The van der Waals surface area contributed by atoms with Crippen molar-refractivity contribution in [1.29, 1.82) is 5.26 Å². The summed E-state index contributed by atoms with van der Waals surface area (Å²) in [5.41, 5.74) is -1.29. The van der Waals surface area contributed by atoms with Gasteiger partial charge in [0.1, 0.15) is 6.07 Å². The summed E-state index contributed by atoms with van der Waals surface area (Å²) in [6, 6.07) is 5.72. The lowest BCUT2D eigenvalue weighted by Crippen LogP contribution is -2.54. The molecule has 0 saturated carbocycles. The molecule has 1 amide bonds. The number of carbonyl (C=O) groups excluding carboxylic acids is 2. The van der Waals surface area contributed by atoms with Crippen LogP contribution in [-0.2, 0) is 4.79 Å². The molecule has 0 aromatic heterocycles. The van der Waals surface area contributed by atoms with Crippen LogP contribution in [0.5, 0.6) is 0 Å². The normalized spacial score (nSPS) is 11.7. The van der Waals surface area contributed by atoms with Crippen LogP contribution in [-0.4, -0.2) is 21.6 Å². The summed E-state index contributed by atoms with van der Waals surface area (Å²) < 4.78 is -2.25. The lowest BCUT2D eigenvalue weighted by Gasteiger charge is -2.27. The van der Waals surface area contributed by atoms with E-state index in [1.54, 1.807) is 0 Å². The Kier molecular flexibility index (Phi) is 5.51. The summed E-state index contributed by atoms with van der Waals surface area (Å²) in [6.45, 7) is 2.77. The minimum absolute atomic E-state index is 0.167. The van der Waals surface area contributed by atoms with E-state index in [0.29, 0.717) is 0 Å². The van der Waals surface area contributed by atoms with Gasteiger partial charge in [-0.1, -0.05) is 46.4 Å². The van der Waals surface area contributed by atoms with E-state index in [4.69, 9.17) is 51.7 Å². The van der Waals surface area contributed by atoms with E-state index >= 15 is 0 Å². The van der Waals surface area contributed by atoms with Crippen molar-refractivity contribution < 1.29 is 9.59 Å². The molecule has 21 heavy (non-hydrogen) atoms. The van der Waals surface area contributed by atoms with Gasteiger partial charge in [-0.05, 0) is 32.0 Å². The van der Waals surface area contributed by atoms with Crippen LogP contribution >= 0.6 is 46.4 Å². The van der Waals surface area contributed by atoms with Gasteiger partial charge in [-0.25, -0.2) is 0 Å².